The summed E-state index contributed by atoms with van der Waals surface area (Å²) in [5.74, 6) is -0.249. The second kappa shape index (κ2) is 8.58. The Kier molecular flexibility index (Phi) is 5.69. The van der Waals surface area contributed by atoms with Crippen molar-refractivity contribution in [3.8, 4) is 17.0 Å². The van der Waals surface area contributed by atoms with Crippen LogP contribution in [0.4, 0.5) is 0 Å². The third-order valence-corrected chi connectivity index (χ3v) is 5.22. The van der Waals surface area contributed by atoms with Gasteiger partial charge in [-0.05, 0) is 50.2 Å². The monoisotopic (exact) mass is 429 g/mol. The van der Waals surface area contributed by atoms with E-state index in [2.05, 4.69) is 10.5 Å². The van der Waals surface area contributed by atoms with Gasteiger partial charge in [-0.25, -0.2) is 10.4 Å². The van der Waals surface area contributed by atoms with Gasteiger partial charge in [-0.3, -0.25) is 4.79 Å². The third-order valence-electron chi connectivity index (χ3n) is 4.97. The number of rotatable bonds is 4. The summed E-state index contributed by atoms with van der Waals surface area (Å²) in [7, 11) is 0. The Balaban J connectivity index is 1.71. The van der Waals surface area contributed by atoms with Gasteiger partial charge in [0.2, 0.25) is 0 Å². The fraction of sp³-hybridized carbons (Fsp3) is 0.0800. The first kappa shape index (κ1) is 20.6. The number of aromatic hydroxyl groups is 1. The number of fused-ring (bicyclic) bond motifs is 1. The molecule has 3 aromatic carbocycles. The van der Waals surface area contributed by atoms with Gasteiger partial charge in [0.1, 0.15) is 5.75 Å². The number of nitrogens with one attached hydrogen (secondary N) is 1. The van der Waals surface area contributed by atoms with Crippen LogP contribution in [0.15, 0.2) is 77.9 Å². The van der Waals surface area contributed by atoms with Crippen LogP contribution in [0.2, 0.25) is 5.02 Å². The van der Waals surface area contributed by atoms with E-state index in [1.54, 1.807) is 31.2 Å². The molecule has 1 aromatic heterocycles. The second-order valence-corrected chi connectivity index (χ2v) is 7.67. The smallest absolute Gasteiger partial charge is 0.272 e. The number of hydrogen-bond donors (Lipinski definition) is 2. The quantitative estimate of drug-likeness (QED) is 0.321. The van der Waals surface area contributed by atoms with Crippen molar-refractivity contribution in [1.29, 1.82) is 0 Å². The Labute approximate surface area is 185 Å². The molecule has 0 atom stereocenters. The number of phenolic OH excluding ortho intramolecular Hbond substituents is 1. The number of nitrogens with zero attached hydrogens (tertiary/aromatic N) is 2. The number of carbonyl (C=O) groups is 1. The lowest BCUT2D eigenvalue weighted by molar-refractivity contribution is 0.0956. The standard InChI is InChI=1S/C25H20ClN3O2/c1-15-7-12-24(30)20(13-15)16(2)28-29-25(31)21-14-23(17-8-10-18(26)11-9-17)27-22-6-4-3-5-19(21)22/h3-14,30H,1-2H3,(H,29,31)/b28-16-. The van der Waals surface area contributed by atoms with E-state index in [-0.39, 0.29) is 11.7 Å². The van der Waals surface area contributed by atoms with Crippen LogP contribution < -0.4 is 5.43 Å². The minimum Gasteiger partial charge on any atom is -0.507 e. The van der Waals surface area contributed by atoms with Crippen LogP contribution in [-0.4, -0.2) is 21.7 Å². The van der Waals surface area contributed by atoms with Crippen molar-refractivity contribution in [2.75, 3.05) is 0 Å². The van der Waals surface area contributed by atoms with Crippen molar-refractivity contribution in [2.24, 2.45) is 5.10 Å². The molecule has 154 valence electrons. The van der Waals surface area contributed by atoms with Gasteiger partial charge >= 0.3 is 0 Å². The maximum atomic E-state index is 13.1. The topological polar surface area (TPSA) is 74.6 Å². The number of pyridine rings is 1. The molecule has 0 fully saturated rings. The molecule has 4 rings (SSSR count). The lowest BCUT2D eigenvalue weighted by Crippen LogP contribution is -2.20. The highest BCUT2D eigenvalue weighted by molar-refractivity contribution is 6.30. The lowest BCUT2D eigenvalue weighted by Gasteiger charge is -2.10. The van der Waals surface area contributed by atoms with Crippen molar-refractivity contribution in [3.05, 3.63) is 94.5 Å². The lowest BCUT2D eigenvalue weighted by atomic mass is 10.0. The first-order valence-corrected chi connectivity index (χ1v) is 10.1. The molecule has 0 saturated heterocycles. The predicted octanol–water partition coefficient (Wildman–Crippen LogP) is 5.72. The SMILES string of the molecule is C/C(=N/NC(=O)c1cc(-c2ccc(Cl)cc2)nc2ccccc12)c1cc(C)ccc1O. The van der Waals surface area contributed by atoms with Crippen molar-refractivity contribution in [2.45, 2.75) is 13.8 Å². The molecule has 0 radical (unpaired) electrons. The van der Waals surface area contributed by atoms with Gasteiger partial charge in [0.25, 0.3) is 5.91 Å². The van der Waals surface area contributed by atoms with Gasteiger partial charge in [0, 0.05) is 21.5 Å². The van der Waals surface area contributed by atoms with E-state index in [9.17, 15) is 9.90 Å². The molecule has 4 aromatic rings. The van der Waals surface area contributed by atoms with Gasteiger partial charge in [0.15, 0.2) is 0 Å². The number of hydrazone groups is 1. The minimum atomic E-state index is -0.361. The number of aromatic nitrogens is 1. The number of benzene rings is 3. The molecule has 0 bridgehead atoms. The summed E-state index contributed by atoms with van der Waals surface area (Å²) in [4.78, 5) is 17.7. The molecule has 5 nitrogen and oxygen atoms in total. The number of amides is 1. The van der Waals surface area contributed by atoms with Gasteiger partial charge in [-0.1, -0.05) is 53.6 Å². The first-order chi connectivity index (χ1) is 14.9. The maximum Gasteiger partial charge on any atom is 0.272 e. The van der Waals surface area contributed by atoms with Crippen LogP contribution in [0.1, 0.15) is 28.4 Å². The molecular weight excluding hydrogens is 410 g/mol. The minimum absolute atomic E-state index is 0.112. The number of aryl methyl sites for hydroxylation is 1. The zero-order valence-electron chi connectivity index (χ0n) is 17.1. The van der Waals surface area contributed by atoms with E-state index in [1.165, 1.54) is 0 Å². The van der Waals surface area contributed by atoms with E-state index >= 15 is 0 Å². The van der Waals surface area contributed by atoms with E-state index in [0.717, 1.165) is 16.5 Å². The number of carbonyl (C=O) groups excluding carboxylic acids is 1. The van der Waals surface area contributed by atoms with Gasteiger partial charge < -0.3 is 5.11 Å². The molecule has 31 heavy (non-hydrogen) atoms. The van der Waals surface area contributed by atoms with Gasteiger partial charge in [-0.2, -0.15) is 5.10 Å². The molecule has 0 saturated carbocycles. The highest BCUT2D eigenvalue weighted by Gasteiger charge is 2.14. The normalized spacial score (nSPS) is 11.5. The highest BCUT2D eigenvalue weighted by atomic mass is 35.5. The van der Waals surface area contributed by atoms with Crippen molar-refractivity contribution in [3.63, 3.8) is 0 Å². The number of para-hydroxylation sites is 1. The molecule has 0 aliphatic carbocycles. The summed E-state index contributed by atoms with van der Waals surface area (Å²) in [6, 6.07) is 21.8. The summed E-state index contributed by atoms with van der Waals surface area (Å²) in [6.45, 7) is 3.66. The van der Waals surface area contributed by atoms with E-state index < -0.39 is 0 Å². The van der Waals surface area contributed by atoms with Crippen LogP contribution >= 0.6 is 11.6 Å². The molecule has 0 aliphatic rings. The first-order valence-electron chi connectivity index (χ1n) is 9.73. The Morgan fingerprint density at radius 3 is 2.52 bits per heavy atom. The molecule has 6 heteroatoms. The number of phenols is 1. The molecule has 0 unspecified atom stereocenters. The second-order valence-electron chi connectivity index (χ2n) is 7.24. The average Bonchev–Trinajstić information content (AvgIpc) is 2.78. The van der Waals surface area contributed by atoms with Crippen molar-refractivity contribution < 1.29 is 9.90 Å². The van der Waals surface area contributed by atoms with Crippen molar-refractivity contribution >= 4 is 34.1 Å². The van der Waals surface area contributed by atoms with Crippen molar-refractivity contribution in [1.82, 2.24) is 10.4 Å². The van der Waals surface area contributed by atoms with E-state index in [0.29, 0.717) is 33.1 Å². The summed E-state index contributed by atoms with van der Waals surface area (Å²) in [6.07, 6.45) is 0. The Hall–Kier alpha value is -3.70. The summed E-state index contributed by atoms with van der Waals surface area (Å²) in [5.41, 5.74) is 7.36. The van der Waals surface area contributed by atoms with Crippen LogP contribution in [0, 0.1) is 6.92 Å². The van der Waals surface area contributed by atoms with Crippen LogP contribution in [0.5, 0.6) is 5.75 Å². The fourth-order valence-electron chi connectivity index (χ4n) is 3.33. The zero-order valence-corrected chi connectivity index (χ0v) is 17.8. The summed E-state index contributed by atoms with van der Waals surface area (Å²) < 4.78 is 0. The van der Waals surface area contributed by atoms with Gasteiger partial charge in [0.05, 0.1) is 22.5 Å². The molecule has 0 spiro atoms. The third kappa shape index (κ3) is 4.42. The highest BCUT2D eigenvalue weighted by Crippen LogP contribution is 2.26. The zero-order chi connectivity index (χ0) is 22.0. The van der Waals surface area contributed by atoms with Crippen LogP contribution in [0.3, 0.4) is 0 Å². The average molecular weight is 430 g/mol. The number of halogens is 1. The van der Waals surface area contributed by atoms with Crippen LogP contribution in [0.25, 0.3) is 22.2 Å². The Morgan fingerprint density at radius 1 is 1.00 bits per heavy atom. The fourth-order valence-corrected chi connectivity index (χ4v) is 3.45. The molecule has 2 N–H and O–H groups in total. The summed E-state index contributed by atoms with van der Waals surface area (Å²) >= 11 is 6.00. The van der Waals surface area contributed by atoms with E-state index in [4.69, 9.17) is 16.6 Å². The number of hydrogen-bond acceptors (Lipinski definition) is 4. The van der Waals surface area contributed by atoms with Crippen LogP contribution in [-0.2, 0) is 0 Å². The Morgan fingerprint density at radius 2 is 1.74 bits per heavy atom. The molecular formula is C25H20ClN3O2. The predicted molar refractivity (Wildman–Crippen MR) is 125 cm³/mol. The van der Waals surface area contributed by atoms with E-state index in [1.807, 2.05) is 55.5 Å². The largest absolute Gasteiger partial charge is 0.507 e. The Bertz CT molecular complexity index is 1310. The molecule has 1 amide bonds. The molecule has 1 heterocycles. The van der Waals surface area contributed by atoms with Gasteiger partial charge in [-0.15, -0.1) is 0 Å². The summed E-state index contributed by atoms with van der Waals surface area (Å²) in [5, 5.41) is 15.7. The maximum absolute atomic E-state index is 13.1. The molecule has 0 aliphatic heterocycles.